The largest absolute Gasteiger partial charge is 0.379 e. The molecule has 2 atom stereocenters. The summed E-state index contributed by atoms with van der Waals surface area (Å²) in [6, 6.07) is 0.989. The Hall–Kier alpha value is -0.160. The van der Waals surface area contributed by atoms with Crippen LogP contribution in [0.4, 0.5) is 0 Å². The van der Waals surface area contributed by atoms with E-state index < -0.39 is 0 Å². The maximum atomic E-state index is 6.21. The lowest BCUT2D eigenvalue weighted by Crippen LogP contribution is -2.50. The van der Waals surface area contributed by atoms with Gasteiger partial charge in [0, 0.05) is 38.3 Å². The Balaban J connectivity index is 1.70. The average molecular weight is 241 g/mol. The zero-order valence-electron chi connectivity index (χ0n) is 11.1. The monoisotopic (exact) mass is 241 g/mol. The first-order valence-electron chi connectivity index (χ1n) is 7.03. The molecule has 17 heavy (non-hydrogen) atoms. The molecular formula is C13H27N3O. The minimum atomic E-state index is 0.387. The van der Waals surface area contributed by atoms with Crippen LogP contribution in [0.15, 0.2) is 0 Å². The summed E-state index contributed by atoms with van der Waals surface area (Å²) in [4.78, 5) is 4.97. The topological polar surface area (TPSA) is 41.7 Å². The van der Waals surface area contributed by atoms with E-state index in [-0.39, 0.29) is 0 Å². The van der Waals surface area contributed by atoms with Gasteiger partial charge in [0.05, 0.1) is 13.2 Å². The van der Waals surface area contributed by atoms with E-state index in [2.05, 4.69) is 16.8 Å². The molecule has 1 saturated carbocycles. The predicted octanol–water partition coefficient (Wildman–Crippen LogP) is 0.520. The van der Waals surface area contributed by atoms with Crippen molar-refractivity contribution in [1.82, 2.24) is 9.80 Å². The van der Waals surface area contributed by atoms with Crippen molar-refractivity contribution in [3.63, 3.8) is 0 Å². The number of hydrogen-bond acceptors (Lipinski definition) is 4. The zero-order chi connectivity index (χ0) is 12.1. The summed E-state index contributed by atoms with van der Waals surface area (Å²) in [5.41, 5.74) is 6.21. The van der Waals surface area contributed by atoms with Gasteiger partial charge in [0.15, 0.2) is 0 Å². The van der Waals surface area contributed by atoms with Crippen LogP contribution in [-0.2, 0) is 4.74 Å². The highest BCUT2D eigenvalue weighted by Gasteiger charge is 2.25. The summed E-state index contributed by atoms with van der Waals surface area (Å²) >= 11 is 0. The fourth-order valence-electron chi connectivity index (χ4n) is 2.98. The first-order valence-corrected chi connectivity index (χ1v) is 7.03. The Kier molecular flexibility index (Phi) is 5.22. The Morgan fingerprint density at radius 1 is 1.24 bits per heavy atom. The van der Waals surface area contributed by atoms with Gasteiger partial charge in [-0.1, -0.05) is 12.8 Å². The molecule has 2 unspecified atom stereocenters. The Bertz CT molecular complexity index is 219. The maximum absolute atomic E-state index is 6.21. The number of nitrogens with two attached hydrogens (primary N) is 1. The van der Waals surface area contributed by atoms with Crippen LogP contribution in [0.25, 0.3) is 0 Å². The van der Waals surface area contributed by atoms with Crippen molar-refractivity contribution in [2.45, 2.75) is 37.8 Å². The second-order valence-electron chi connectivity index (χ2n) is 5.45. The van der Waals surface area contributed by atoms with Crippen molar-refractivity contribution in [1.29, 1.82) is 0 Å². The fraction of sp³-hybridized carbons (Fsp3) is 1.00. The van der Waals surface area contributed by atoms with Crippen LogP contribution in [0.1, 0.15) is 25.7 Å². The number of morpholine rings is 1. The normalized spacial score (nSPS) is 31.9. The van der Waals surface area contributed by atoms with E-state index in [0.717, 1.165) is 39.4 Å². The van der Waals surface area contributed by atoms with Crippen LogP contribution in [0, 0.1) is 0 Å². The molecule has 2 rings (SSSR count). The highest BCUT2D eigenvalue weighted by molar-refractivity contribution is 4.84. The highest BCUT2D eigenvalue weighted by atomic mass is 16.5. The van der Waals surface area contributed by atoms with Gasteiger partial charge in [-0.25, -0.2) is 0 Å². The molecule has 0 spiro atoms. The standard InChI is InChI=1S/C13H27N3O/c1-15(13-5-3-2-4-12(13)14)6-7-16-8-10-17-11-9-16/h12-13H,2-11,14H2,1H3. The number of ether oxygens (including phenoxy) is 1. The molecule has 0 amide bonds. The van der Waals surface area contributed by atoms with E-state index >= 15 is 0 Å². The molecule has 0 radical (unpaired) electrons. The molecule has 4 nitrogen and oxygen atoms in total. The summed E-state index contributed by atoms with van der Waals surface area (Å²) < 4.78 is 5.36. The first kappa shape index (κ1) is 13.3. The van der Waals surface area contributed by atoms with Crippen LogP contribution in [0.5, 0.6) is 0 Å². The summed E-state index contributed by atoms with van der Waals surface area (Å²) in [5.74, 6) is 0. The zero-order valence-corrected chi connectivity index (χ0v) is 11.1. The van der Waals surface area contributed by atoms with Gasteiger partial charge in [-0.3, -0.25) is 4.90 Å². The van der Waals surface area contributed by atoms with E-state index in [4.69, 9.17) is 10.5 Å². The van der Waals surface area contributed by atoms with Gasteiger partial charge in [0.2, 0.25) is 0 Å². The summed E-state index contributed by atoms with van der Waals surface area (Å²) in [5, 5.41) is 0. The van der Waals surface area contributed by atoms with Crippen molar-refractivity contribution < 1.29 is 4.74 Å². The second-order valence-corrected chi connectivity index (χ2v) is 5.45. The lowest BCUT2D eigenvalue weighted by molar-refractivity contribution is 0.0308. The van der Waals surface area contributed by atoms with Gasteiger partial charge in [0.1, 0.15) is 0 Å². The molecule has 2 aliphatic rings. The SMILES string of the molecule is CN(CCN1CCOCC1)C1CCCCC1N. The van der Waals surface area contributed by atoms with Gasteiger partial charge in [-0.2, -0.15) is 0 Å². The van der Waals surface area contributed by atoms with E-state index in [0.29, 0.717) is 12.1 Å². The van der Waals surface area contributed by atoms with Gasteiger partial charge in [-0.05, 0) is 19.9 Å². The first-order chi connectivity index (χ1) is 8.27. The quantitative estimate of drug-likeness (QED) is 0.779. The lowest BCUT2D eigenvalue weighted by Gasteiger charge is -2.37. The van der Waals surface area contributed by atoms with Crippen LogP contribution < -0.4 is 5.73 Å². The molecular weight excluding hydrogens is 214 g/mol. The van der Waals surface area contributed by atoms with Gasteiger partial charge < -0.3 is 15.4 Å². The molecule has 2 fully saturated rings. The number of likely N-dealkylation sites (N-methyl/N-ethyl adjacent to an activating group) is 1. The third-order valence-corrected chi connectivity index (χ3v) is 4.22. The summed E-state index contributed by atoms with van der Waals surface area (Å²) in [6.45, 7) is 6.26. The molecule has 1 aliphatic heterocycles. The third-order valence-electron chi connectivity index (χ3n) is 4.22. The summed E-state index contributed by atoms with van der Waals surface area (Å²) in [7, 11) is 2.23. The summed E-state index contributed by atoms with van der Waals surface area (Å²) in [6.07, 6.45) is 5.14. The second kappa shape index (κ2) is 6.69. The van der Waals surface area contributed by atoms with E-state index in [9.17, 15) is 0 Å². The lowest BCUT2D eigenvalue weighted by atomic mass is 9.90. The van der Waals surface area contributed by atoms with Crippen molar-refractivity contribution >= 4 is 0 Å². The van der Waals surface area contributed by atoms with Crippen LogP contribution in [0.2, 0.25) is 0 Å². The maximum Gasteiger partial charge on any atom is 0.0594 e. The fourth-order valence-corrected chi connectivity index (χ4v) is 2.98. The van der Waals surface area contributed by atoms with Crippen LogP contribution in [0.3, 0.4) is 0 Å². The van der Waals surface area contributed by atoms with Crippen LogP contribution in [-0.4, -0.2) is 68.3 Å². The van der Waals surface area contributed by atoms with E-state index in [1.807, 2.05) is 0 Å². The predicted molar refractivity (Wildman–Crippen MR) is 70.1 cm³/mol. The minimum absolute atomic E-state index is 0.387. The van der Waals surface area contributed by atoms with Crippen LogP contribution >= 0.6 is 0 Å². The molecule has 0 aromatic carbocycles. The minimum Gasteiger partial charge on any atom is -0.379 e. The molecule has 4 heteroatoms. The van der Waals surface area contributed by atoms with Crippen molar-refractivity contribution in [3.8, 4) is 0 Å². The smallest absolute Gasteiger partial charge is 0.0594 e. The molecule has 1 saturated heterocycles. The van der Waals surface area contributed by atoms with Gasteiger partial charge >= 0.3 is 0 Å². The van der Waals surface area contributed by atoms with Gasteiger partial charge in [-0.15, -0.1) is 0 Å². The average Bonchev–Trinajstić information content (AvgIpc) is 2.38. The van der Waals surface area contributed by atoms with Crippen molar-refractivity contribution in [2.75, 3.05) is 46.4 Å². The van der Waals surface area contributed by atoms with Crippen molar-refractivity contribution in [3.05, 3.63) is 0 Å². The molecule has 0 aromatic heterocycles. The molecule has 1 heterocycles. The number of rotatable bonds is 4. The number of nitrogens with zero attached hydrogens (tertiary/aromatic N) is 2. The molecule has 2 N–H and O–H groups in total. The highest BCUT2D eigenvalue weighted by Crippen LogP contribution is 2.20. The molecule has 0 aromatic rings. The molecule has 100 valence electrons. The van der Waals surface area contributed by atoms with Gasteiger partial charge in [0.25, 0.3) is 0 Å². The van der Waals surface area contributed by atoms with Crippen molar-refractivity contribution in [2.24, 2.45) is 5.73 Å². The third kappa shape index (κ3) is 3.91. The van der Waals surface area contributed by atoms with E-state index in [1.165, 1.54) is 25.7 Å². The molecule has 0 bridgehead atoms. The Morgan fingerprint density at radius 3 is 2.65 bits per heavy atom. The van der Waals surface area contributed by atoms with E-state index in [1.54, 1.807) is 0 Å². The Labute approximate surface area is 105 Å². The number of hydrogen-bond donors (Lipinski definition) is 1. The molecule has 1 aliphatic carbocycles. The Morgan fingerprint density at radius 2 is 1.94 bits per heavy atom.